The number of ether oxygens (including phenoxy) is 1. The van der Waals surface area contributed by atoms with Gasteiger partial charge in [0.25, 0.3) is 0 Å². The van der Waals surface area contributed by atoms with Gasteiger partial charge in [-0.25, -0.2) is 0 Å². The molecule has 2 heterocycles. The second-order valence-electron chi connectivity index (χ2n) is 7.12. The lowest BCUT2D eigenvalue weighted by atomic mass is 9.45. The highest BCUT2D eigenvalue weighted by Crippen LogP contribution is 2.63. The number of nitrogens with zero attached hydrogens (tertiary/aromatic N) is 3. The first-order valence-corrected chi connectivity index (χ1v) is 7.57. The van der Waals surface area contributed by atoms with E-state index >= 15 is 0 Å². The third kappa shape index (κ3) is 2.28. The van der Waals surface area contributed by atoms with E-state index in [1.807, 2.05) is 10.9 Å². The van der Waals surface area contributed by atoms with E-state index in [1.165, 1.54) is 0 Å². The van der Waals surface area contributed by atoms with E-state index in [9.17, 15) is 13.2 Å². The first-order chi connectivity index (χ1) is 10.3. The molecule has 1 atom stereocenters. The molecule has 22 heavy (non-hydrogen) atoms. The van der Waals surface area contributed by atoms with Gasteiger partial charge in [0.1, 0.15) is 0 Å². The lowest BCUT2D eigenvalue weighted by Gasteiger charge is -2.68. The van der Waals surface area contributed by atoms with Crippen molar-refractivity contribution < 1.29 is 17.9 Å². The Morgan fingerprint density at radius 3 is 2.73 bits per heavy atom. The maximum Gasteiger partial charge on any atom is 0.522 e. The smallest absolute Gasteiger partial charge is 0.369 e. The number of nitrogens with two attached hydrogens (primary N) is 1. The van der Waals surface area contributed by atoms with Crippen molar-refractivity contribution in [1.82, 2.24) is 9.78 Å². The molecule has 8 heteroatoms. The Balaban J connectivity index is 1.35. The summed E-state index contributed by atoms with van der Waals surface area (Å²) in [6, 6.07) is 0. The highest BCUT2D eigenvalue weighted by Gasteiger charge is 2.67. The summed E-state index contributed by atoms with van der Waals surface area (Å²) >= 11 is 0. The van der Waals surface area contributed by atoms with Crippen LogP contribution in [0.1, 0.15) is 25.7 Å². The minimum absolute atomic E-state index is 0.0276. The van der Waals surface area contributed by atoms with Crippen molar-refractivity contribution in [2.75, 3.05) is 24.6 Å². The predicted molar refractivity (Wildman–Crippen MR) is 73.3 cm³/mol. The third-order valence-corrected chi connectivity index (χ3v) is 5.23. The monoisotopic (exact) mass is 316 g/mol. The normalized spacial score (nSPS) is 37.1. The van der Waals surface area contributed by atoms with E-state index in [-0.39, 0.29) is 23.6 Å². The first kappa shape index (κ1) is 14.3. The molecule has 3 aliphatic carbocycles. The van der Waals surface area contributed by atoms with Crippen LogP contribution in [0.25, 0.3) is 0 Å². The van der Waals surface area contributed by atoms with Crippen molar-refractivity contribution in [2.45, 2.75) is 43.1 Å². The van der Waals surface area contributed by atoms with E-state index in [1.54, 1.807) is 6.20 Å². The van der Waals surface area contributed by atoms with Crippen LogP contribution in [0.4, 0.5) is 18.9 Å². The third-order valence-electron chi connectivity index (χ3n) is 5.23. The molecule has 5 rings (SSSR count). The zero-order chi connectivity index (χ0) is 15.6. The number of halogens is 3. The van der Waals surface area contributed by atoms with Crippen molar-refractivity contribution in [3.63, 3.8) is 0 Å². The standard InChI is InChI=1S/C14H19F3N4O/c15-14(16,17)22-6-10-1-2-20(4-10)11-3-19-21(5-11)13-7-12(18,8-13)9-13/h3,5,10H,1-2,4,6-9,18H2/t10-,12?,13?/m1/s1. The highest BCUT2D eigenvalue weighted by molar-refractivity contribution is 5.44. The molecule has 2 bridgehead atoms. The molecule has 1 saturated heterocycles. The van der Waals surface area contributed by atoms with Crippen molar-refractivity contribution in [3.05, 3.63) is 12.4 Å². The topological polar surface area (TPSA) is 56.3 Å². The lowest BCUT2D eigenvalue weighted by molar-refractivity contribution is -0.327. The van der Waals surface area contributed by atoms with Gasteiger partial charge in [-0.3, -0.25) is 9.42 Å². The Morgan fingerprint density at radius 2 is 2.09 bits per heavy atom. The Kier molecular flexibility index (Phi) is 2.85. The summed E-state index contributed by atoms with van der Waals surface area (Å²) < 4.78 is 42.2. The van der Waals surface area contributed by atoms with Gasteiger partial charge in [0.05, 0.1) is 24.0 Å². The average molecular weight is 316 g/mol. The van der Waals surface area contributed by atoms with Crippen LogP contribution in [0.15, 0.2) is 12.4 Å². The molecule has 1 aliphatic heterocycles. The Morgan fingerprint density at radius 1 is 1.36 bits per heavy atom. The molecule has 4 fully saturated rings. The van der Waals surface area contributed by atoms with Gasteiger partial charge in [-0.2, -0.15) is 5.10 Å². The Bertz CT molecular complexity index is 565. The molecule has 1 aromatic rings. The summed E-state index contributed by atoms with van der Waals surface area (Å²) in [5.74, 6) is -0.0905. The number of hydrogen-bond donors (Lipinski definition) is 1. The zero-order valence-corrected chi connectivity index (χ0v) is 12.1. The van der Waals surface area contributed by atoms with Crippen LogP contribution >= 0.6 is 0 Å². The van der Waals surface area contributed by atoms with Crippen LogP contribution in [-0.4, -0.2) is 41.4 Å². The van der Waals surface area contributed by atoms with Gasteiger partial charge < -0.3 is 10.6 Å². The zero-order valence-electron chi connectivity index (χ0n) is 12.1. The van der Waals surface area contributed by atoms with Crippen molar-refractivity contribution in [3.8, 4) is 0 Å². The van der Waals surface area contributed by atoms with Gasteiger partial charge in [-0.05, 0) is 25.7 Å². The predicted octanol–water partition coefficient (Wildman–Crippen LogP) is 1.84. The summed E-state index contributed by atoms with van der Waals surface area (Å²) in [5, 5.41) is 4.44. The minimum atomic E-state index is -4.54. The minimum Gasteiger partial charge on any atom is -0.369 e. The Labute approximate surface area is 126 Å². The fourth-order valence-corrected chi connectivity index (χ4v) is 4.21. The average Bonchev–Trinajstić information content (AvgIpc) is 2.99. The number of hydrogen-bond acceptors (Lipinski definition) is 4. The number of rotatable bonds is 4. The fraction of sp³-hybridized carbons (Fsp3) is 0.786. The number of alkyl halides is 3. The van der Waals surface area contributed by atoms with Crippen LogP contribution in [-0.2, 0) is 10.3 Å². The van der Waals surface area contributed by atoms with Gasteiger partial charge in [0, 0.05) is 30.7 Å². The molecular formula is C14H19F3N4O. The summed E-state index contributed by atoms with van der Waals surface area (Å²) in [5.41, 5.74) is 7.18. The maximum absolute atomic E-state index is 12.1. The highest BCUT2D eigenvalue weighted by atomic mass is 19.4. The maximum atomic E-state index is 12.1. The molecule has 3 saturated carbocycles. The van der Waals surface area contributed by atoms with E-state index in [2.05, 4.69) is 14.7 Å². The SMILES string of the molecule is NC12CC(n3cc(N4CC[C@@H](COC(F)(F)F)C4)cn3)(C1)C2. The quantitative estimate of drug-likeness (QED) is 0.921. The summed E-state index contributed by atoms with van der Waals surface area (Å²) in [7, 11) is 0. The molecule has 2 N–H and O–H groups in total. The molecule has 1 aromatic heterocycles. The Hall–Kier alpha value is -1.28. The van der Waals surface area contributed by atoms with E-state index < -0.39 is 6.36 Å². The van der Waals surface area contributed by atoms with Crippen molar-refractivity contribution in [1.29, 1.82) is 0 Å². The van der Waals surface area contributed by atoms with Crippen molar-refractivity contribution in [2.24, 2.45) is 11.7 Å². The molecule has 5 nitrogen and oxygen atoms in total. The van der Waals surface area contributed by atoms with Crippen molar-refractivity contribution >= 4 is 5.69 Å². The second kappa shape index (κ2) is 4.38. The van der Waals surface area contributed by atoms with Gasteiger partial charge in [0.2, 0.25) is 0 Å². The van der Waals surface area contributed by atoms with Crippen LogP contribution in [0.2, 0.25) is 0 Å². The number of aromatic nitrogens is 2. The van der Waals surface area contributed by atoms with Crippen LogP contribution in [0.5, 0.6) is 0 Å². The summed E-state index contributed by atoms with van der Waals surface area (Å²) in [6.07, 6.45) is 2.90. The van der Waals surface area contributed by atoms with Crippen LogP contribution in [0, 0.1) is 5.92 Å². The number of anilines is 1. The van der Waals surface area contributed by atoms with Gasteiger partial charge in [-0.1, -0.05) is 0 Å². The first-order valence-electron chi connectivity index (χ1n) is 7.57. The molecule has 0 spiro atoms. The van der Waals surface area contributed by atoms with E-state index in [0.717, 1.165) is 31.5 Å². The van der Waals surface area contributed by atoms with Gasteiger partial charge >= 0.3 is 6.36 Å². The fourth-order valence-electron chi connectivity index (χ4n) is 4.21. The molecule has 0 radical (unpaired) electrons. The summed E-state index contributed by atoms with van der Waals surface area (Å²) in [6.45, 7) is 1.05. The molecular weight excluding hydrogens is 297 g/mol. The van der Waals surface area contributed by atoms with E-state index in [0.29, 0.717) is 13.0 Å². The lowest BCUT2D eigenvalue weighted by Crippen LogP contribution is -2.76. The molecule has 122 valence electrons. The van der Waals surface area contributed by atoms with E-state index in [4.69, 9.17) is 5.73 Å². The van der Waals surface area contributed by atoms with Gasteiger partial charge in [0.15, 0.2) is 0 Å². The molecule has 0 unspecified atom stereocenters. The summed E-state index contributed by atoms with van der Waals surface area (Å²) in [4.78, 5) is 2.08. The van der Waals surface area contributed by atoms with Crippen LogP contribution < -0.4 is 10.6 Å². The molecule has 0 aromatic carbocycles. The second-order valence-corrected chi connectivity index (χ2v) is 7.12. The van der Waals surface area contributed by atoms with Gasteiger partial charge in [-0.15, -0.1) is 13.2 Å². The molecule has 0 amide bonds. The molecule has 4 aliphatic rings. The largest absolute Gasteiger partial charge is 0.522 e. The van der Waals surface area contributed by atoms with Crippen LogP contribution in [0.3, 0.4) is 0 Å².